The van der Waals surface area contributed by atoms with E-state index < -0.39 is 57.8 Å². The Hall–Kier alpha value is -3.60. The third kappa shape index (κ3) is 59.0. The van der Waals surface area contributed by atoms with Gasteiger partial charge in [0.05, 0.1) is 19.8 Å². The predicted octanol–water partition coefficient (Wildman–Crippen LogP) is 19.6. The van der Waals surface area contributed by atoms with Crippen molar-refractivity contribution in [3.8, 4) is 0 Å². The Morgan fingerprint density at radius 3 is 1.05 bits per heavy atom. The summed E-state index contributed by atoms with van der Waals surface area (Å²) in [7, 11) is -4.77. The average Bonchev–Trinajstić information content (AvgIpc) is 3.45. The van der Waals surface area contributed by atoms with E-state index in [0.717, 1.165) is 116 Å². The van der Waals surface area contributed by atoms with Crippen LogP contribution in [0.15, 0.2) is 97.2 Å². The Kier molecular flexibility index (Phi) is 58.7. The normalized spacial score (nSPS) is 13.9. The van der Waals surface area contributed by atoms with Gasteiger partial charge in [0, 0.05) is 19.3 Å². The minimum absolute atomic E-state index is 0.147. The predicted molar refractivity (Wildman–Crippen MR) is 334 cm³/mol. The molecule has 80 heavy (non-hydrogen) atoms. The number of rotatable bonds is 59. The fraction of sp³-hybridized carbons (Fsp3) is 0.721. The van der Waals surface area contributed by atoms with E-state index in [-0.39, 0.29) is 25.9 Å². The molecule has 0 amide bonds. The molecule has 0 aromatic heterocycles. The summed E-state index contributed by atoms with van der Waals surface area (Å²) < 4.78 is 39.7. The van der Waals surface area contributed by atoms with Crippen LogP contribution < -0.4 is 0 Å². The van der Waals surface area contributed by atoms with E-state index in [1.807, 2.05) is 0 Å². The Morgan fingerprint density at radius 2 is 0.650 bits per heavy atom. The molecule has 0 aromatic carbocycles. The fourth-order valence-electron chi connectivity index (χ4n) is 8.58. The molecule has 0 heterocycles. The second-order valence-corrected chi connectivity index (χ2v) is 22.6. The number of allylic oxidation sites excluding steroid dienone is 16. The monoisotopic (exact) mass is 1140 g/mol. The van der Waals surface area contributed by atoms with E-state index >= 15 is 0 Å². The number of phosphoric acid groups is 1. The van der Waals surface area contributed by atoms with E-state index in [4.69, 9.17) is 23.3 Å². The minimum Gasteiger partial charge on any atom is -0.462 e. The van der Waals surface area contributed by atoms with Gasteiger partial charge in [0.1, 0.15) is 12.7 Å². The lowest BCUT2D eigenvalue weighted by molar-refractivity contribution is -0.161. The highest BCUT2D eigenvalue weighted by Crippen LogP contribution is 2.43. The van der Waals surface area contributed by atoms with Crippen molar-refractivity contribution in [1.29, 1.82) is 0 Å². The van der Waals surface area contributed by atoms with Gasteiger partial charge in [-0.2, -0.15) is 0 Å². The number of esters is 3. The third-order valence-electron chi connectivity index (χ3n) is 13.5. The number of carbonyl (C=O) groups excluding carboxylic acids is 3. The molecule has 12 heteroatoms. The van der Waals surface area contributed by atoms with Gasteiger partial charge < -0.3 is 24.2 Å². The number of carbonyl (C=O) groups is 3. The average molecular weight is 1140 g/mol. The van der Waals surface area contributed by atoms with Crippen molar-refractivity contribution in [2.24, 2.45) is 0 Å². The van der Waals surface area contributed by atoms with Gasteiger partial charge in [-0.3, -0.25) is 23.4 Å². The van der Waals surface area contributed by atoms with E-state index in [2.05, 4.69) is 118 Å². The van der Waals surface area contributed by atoms with Crippen LogP contribution in [0, 0.1) is 0 Å². The standard InChI is InChI=1S/C68H117O11P/c1-4-7-10-13-16-19-22-25-28-31-32-35-36-39-42-45-48-51-54-57-66(70)75-61-65(79-68(72)59-56-53-50-47-44-41-38-34-30-27-24-21-18-15-12-9-6-3)63-77-80(73,74)76-62-64(60-69)78-67(71)58-55-52-49-46-43-40-37-33-29-26-23-20-17-14-11-8-5-2/h7,10,16,18-19,21,25-30,32,35,39,42,64-65,69H,4-6,8-9,11-15,17,20,22-24,31,33-34,36-38,40-41,43-63H2,1-3H3,(H,73,74)/b10-7-,19-16-,21-18-,28-25-,29-26-,30-27-,35-32-,42-39-. The topological polar surface area (TPSA) is 155 Å². The lowest BCUT2D eigenvalue weighted by atomic mass is 10.1. The molecule has 0 radical (unpaired) electrons. The molecule has 0 aliphatic carbocycles. The molecule has 0 spiro atoms. The first kappa shape index (κ1) is 76.4. The summed E-state index contributed by atoms with van der Waals surface area (Å²) in [4.78, 5) is 48.8. The fourth-order valence-corrected chi connectivity index (χ4v) is 9.37. The van der Waals surface area contributed by atoms with Crippen molar-refractivity contribution < 1.29 is 52.2 Å². The van der Waals surface area contributed by atoms with Gasteiger partial charge in [-0.1, -0.05) is 234 Å². The molecule has 0 saturated carbocycles. The van der Waals surface area contributed by atoms with Gasteiger partial charge in [-0.05, 0) is 122 Å². The number of ether oxygens (including phenoxy) is 3. The minimum atomic E-state index is -4.77. The van der Waals surface area contributed by atoms with Gasteiger partial charge in [0.15, 0.2) is 6.10 Å². The summed E-state index contributed by atoms with van der Waals surface area (Å²) in [6.45, 7) is 4.48. The SMILES string of the molecule is CC/C=C\C/C=C\C/C=C\C/C=C\C/C=C\CCCCCC(=O)OCC(COP(=O)(O)OCC(CO)OC(=O)CCCCCCCCC/C=C\CCCCCCCC)OC(=O)CCCCCCCCC/C=C\C/C=C\CCCCC. The second-order valence-electron chi connectivity index (χ2n) is 21.2. The number of hydrogen-bond donors (Lipinski definition) is 2. The summed E-state index contributed by atoms with van der Waals surface area (Å²) in [6.07, 6.45) is 73.5. The van der Waals surface area contributed by atoms with Crippen LogP contribution in [-0.2, 0) is 42.2 Å². The summed E-state index contributed by atoms with van der Waals surface area (Å²) in [5, 5.41) is 9.86. The first-order valence-electron chi connectivity index (χ1n) is 32.1. The molecule has 0 saturated heterocycles. The molecule has 0 bridgehead atoms. The molecule has 0 fully saturated rings. The van der Waals surface area contributed by atoms with Gasteiger partial charge in [0.2, 0.25) is 0 Å². The molecular formula is C68H117O11P. The maximum Gasteiger partial charge on any atom is 0.472 e. The van der Waals surface area contributed by atoms with E-state index in [0.29, 0.717) is 19.3 Å². The largest absolute Gasteiger partial charge is 0.472 e. The molecule has 0 rings (SSSR count). The first-order valence-corrected chi connectivity index (χ1v) is 33.6. The van der Waals surface area contributed by atoms with Crippen molar-refractivity contribution in [2.45, 2.75) is 290 Å². The first-order chi connectivity index (χ1) is 39.2. The van der Waals surface area contributed by atoms with E-state index in [1.165, 1.54) is 103 Å². The van der Waals surface area contributed by atoms with Gasteiger partial charge in [-0.25, -0.2) is 4.57 Å². The zero-order valence-corrected chi connectivity index (χ0v) is 51.9. The summed E-state index contributed by atoms with van der Waals surface area (Å²) in [6, 6.07) is 0. The number of aliphatic hydroxyl groups excluding tert-OH is 1. The number of unbranched alkanes of at least 4 members (excludes halogenated alkanes) is 26. The quantitative estimate of drug-likeness (QED) is 0.0197. The van der Waals surface area contributed by atoms with Crippen molar-refractivity contribution in [1.82, 2.24) is 0 Å². The van der Waals surface area contributed by atoms with E-state index in [1.54, 1.807) is 0 Å². The highest BCUT2D eigenvalue weighted by molar-refractivity contribution is 7.47. The van der Waals surface area contributed by atoms with Crippen molar-refractivity contribution in [3.05, 3.63) is 97.2 Å². The molecule has 0 aliphatic rings. The third-order valence-corrected chi connectivity index (χ3v) is 14.4. The number of hydrogen-bond acceptors (Lipinski definition) is 10. The van der Waals surface area contributed by atoms with Crippen LogP contribution in [0.2, 0.25) is 0 Å². The van der Waals surface area contributed by atoms with Gasteiger partial charge in [-0.15, -0.1) is 0 Å². The zero-order chi connectivity index (χ0) is 58.3. The van der Waals surface area contributed by atoms with Crippen molar-refractivity contribution >= 4 is 25.7 Å². The summed E-state index contributed by atoms with van der Waals surface area (Å²) in [5.74, 6) is -1.51. The number of phosphoric ester groups is 1. The summed E-state index contributed by atoms with van der Waals surface area (Å²) in [5.41, 5.74) is 0. The van der Waals surface area contributed by atoms with Crippen LogP contribution in [0.4, 0.5) is 0 Å². The van der Waals surface area contributed by atoms with Crippen LogP contribution in [0.25, 0.3) is 0 Å². The Morgan fingerprint density at radius 1 is 0.362 bits per heavy atom. The van der Waals surface area contributed by atoms with Crippen LogP contribution in [0.1, 0.15) is 278 Å². The molecule has 460 valence electrons. The van der Waals surface area contributed by atoms with Crippen LogP contribution in [0.3, 0.4) is 0 Å². The summed E-state index contributed by atoms with van der Waals surface area (Å²) >= 11 is 0. The van der Waals surface area contributed by atoms with E-state index in [9.17, 15) is 28.9 Å². The Labute approximate surface area is 489 Å². The second kappa shape index (κ2) is 61.5. The Bertz CT molecular complexity index is 1710. The van der Waals surface area contributed by atoms with Crippen LogP contribution in [-0.4, -0.2) is 66.5 Å². The van der Waals surface area contributed by atoms with Crippen LogP contribution in [0.5, 0.6) is 0 Å². The molecule has 3 atom stereocenters. The molecular weight excluding hydrogens is 1020 g/mol. The molecule has 11 nitrogen and oxygen atoms in total. The smallest absolute Gasteiger partial charge is 0.462 e. The molecule has 0 aliphatic heterocycles. The van der Waals surface area contributed by atoms with Gasteiger partial charge >= 0.3 is 25.7 Å². The number of aliphatic hydroxyl groups is 1. The Balaban J connectivity index is 4.77. The molecule has 0 aromatic rings. The lowest BCUT2D eigenvalue weighted by Crippen LogP contribution is -2.30. The van der Waals surface area contributed by atoms with Crippen molar-refractivity contribution in [2.75, 3.05) is 26.4 Å². The highest BCUT2D eigenvalue weighted by atomic mass is 31.2. The maximum absolute atomic E-state index is 13.0. The van der Waals surface area contributed by atoms with Gasteiger partial charge in [0.25, 0.3) is 0 Å². The maximum atomic E-state index is 13.0. The zero-order valence-electron chi connectivity index (χ0n) is 51.0. The van der Waals surface area contributed by atoms with Crippen molar-refractivity contribution in [3.63, 3.8) is 0 Å². The molecule has 2 N–H and O–H groups in total. The van der Waals surface area contributed by atoms with Crippen LogP contribution >= 0.6 is 7.82 Å². The highest BCUT2D eigenvalue weighted by Gasteiger charge is 2.28. The molecule has 3 unspecified atom stereocenters. The lowest BCUT2D eigenvalue weighted by Gasteiger charge is -2.21.